The maximum atomic E-state index is 11.5. The average molecular weight is 274 g/mol. The third-order valence-corrected chi connectivity index (χ3v) is 3.23. The number of aliphatic hydroxyl groups excluding tert-OH is 2. The Morgan fingerprint density at radius 3 is 2.72 bits per heavy atom. The molecule has 0 aliphatic carbocycles. The van der Waals surface area contributed by atoms with Gasteiger partial charge >= 0.3 is 5.69 Å². The summed E-state index contributed by atoms with van der Waals surface area (Å²) < 4.78 is 16.7. The van der Waals surface area contributed by atoms with Crippen molar-refractivity contribution in [2.45, 2.75) is 24.5 Å². The molecule has 18 heavy (non-hydrogen) atoms. The zero-order chi connectivity index (χ0) is 13.3. The van der Waals surface area contributed by atoms with E-state index in [4.69, 9.17) is 4.74 Å². The second kappa shape index (κ2) is 5.11. The maximum absolute atomic E-state index is 11.5. The Kier molecular flexibility index (Phi) is 3.72. The van der Waals surface area contributed by atoms with Crippen LogP contribution in [0.1, 0.15) is 6.23 Å². The van der Waals surface area contributed by atoms with Crippen LogP contribution >= 0.6 is 8.46 Å². The lowest BCUT2D eigenvalue weighted by atomic mass is 10.1. The molecule has 98 valence electrons. The average Bonchev–Trinajstić information content (AvgIpc) is 2.58. The number of H-pyrrole nitrogens is 1. The molecule has 0 unspecified atom stereocenters. The molecule has 4 atom stereocenters. The first-order chi connectivity index (χ1) is 8.54. The summed E-state index contributed by atoms with van der Waals surface area (Å²) in [6.45, 7) is 0. The molecule has 0 amide bonds. The number of hydrogen-bond acceptors (Lipinski definition) is 6. The third kappa shape index (κ3) is 2.28. The minimum absolute atomic E-state index is 0.00678. The van der Waals surface area contributed by atoms with Crippen LogP contribution in [0.25, 0.3) is 0 Å². The van der Waals surface area contributed by atoms with E-state index in [0.717, 1.165) is 10.6 Å². The standard InChI is InChI=1S/C9H11N2O6P/c12-5-1-2-11(9(15)10-5)8-7(14)6(13)4(17-8)3-18-16/h1-2,4,6-8,13-14H,3H2,(H,10,12,15)/t4-,6-,7-,8-/m1/s1. The largest absolute Gasteiger partial charge is 0.387 e. The minimum atomic E-state index is -1.33. The van der Waals surface area contributed by atoms with Gasteiger partial charge in [0, 0.05) is 12.3 Å². The quantitative estimate of drug-likeness (QED) is 0.573. The van der Waals surface area contributed by atoms with Gasteiger partial charge < -0.3 is 14.9 Å². The van der Waals surface area contributed by atoms with E-state index < -0.39 is 35.8 Å². The van der Waals surface area contributed by atoms with Crippen molar-refractivity contribution < 1.29 is 19.5 Å². The van der Waals surface area contributed by atoms with E-state index in [0.29, 0.717) is 0 Å². The molecule has 0 saturated carbocycles. The number of hydrogen-bond donors (Lipinski definition) is 3. The van der Waals surface area contributed by atoms with Crippen molar-refractivity contribution in [3.8, 4) is 0 Å². The summed E-state index contributed by atoms with van der Waals surface area (Å²) >= 11 is 0. The fourth-order valence-corrected chi connectivity index (χ4v) is 2.26. The number of nitrogens with one attached hydrogen (secondary N) is 1. The van der Waals surface area contributed by atoms with Crippen molar-refractivity contribution in [2.24, 2.45) is 0 Å². The lowest BCUT2D eigenvalue weighted by Crippen LogP contribution is -2.37. The normalized spacial score (nSPS) is 31.9. The highest BCUT2D eigenvalue weighted by Crippen LogP contribution is 2.29. The Balaban J connectivity index is 2.31. The van der Waals surface area contributed by atoms with Crippen LogP contribution in [0.4, 0.5) is 0 Å². The highest BCUT2D eigenvalue weighted by atomic mass is 31.1. The molecule has 2 heterocycles. The number of rotatable bonds is 3. The van der Waals surface area contributed by atoms with E-state index >= 15 is 0 Å². The summed E-state index contributed by atoms with van der Waals surface area (Å²) in [5.74, 6) is 0. The molecule has 9 heteroatoms. The summed E-state index contributed by atoms with van der Waals surface area (Å²) in [5.41, 5.74) is -1.32. The molecule has 1 saturated heterocycles. The number of aromatic nitrogens is 2. The number of aliphatic hydroxyl groups is 2. The molecule has 2 rings (SSSR count). The topological polar surface area (TPSA) is 122 Å². The van der Waals surface area contributed by atoms with E-state index in [1.807, 2.05) is 4.98 Å². The van der Waals surface area contributed by atoms with Gasteiger partial charge in [0.2, 0.25) is 0 Å². The van der Waals surface area contributed by atoms with Crippen LogP contribution in [-0.4, -0.2) is 44.2 Å². The van der Waals surface area contributed by atoms with Gasteiger partial charge in [0.25, 0.3) is 5.56 Å². The molecule has 0 radical (unpaired) electrons. The second-order valence-corrected chi connectivity index (χ2v) is 4.50. The van der Waals surface area contributed by atoms with Gasteiger partial charge in [0.1, 0.15) is 12.2 Å². The highest BCUT2D eigenvalue weighted by molar-refractivity contribution is 7.23. The fraction of sp³-hybridized carbons (Fsp3) is 0.556. The Labute approximate surface area is 102 Å². The SMILES string of the molecule is O=PC[C@H]1O[C@@H](n2ccc(=O)[nH]c2=O)[C@H](O)[C@@H]1O. The summed E-state index contributed by atoms with van der Waals surface area (Å²) in [7, 11) is -0.232. The monoisotopic (exact) mass is 274 g/mol. The van der Waals surface area contributed by atoms with Crippen molar-refractivity contribution in [3.63, 3.8) is 0 Å². The van der Waals surface area contributed by atoms with Gasteiger partial charge in [0.05, 0.1) is 12.3 Å². The second-order valence-electron chi connectivity index (χ2n) is 3.88. The molecular formula is C9H11N2O6P. The van der Waals surface area contributed by atoms with E-state index in [1.165, 1.54) is 6.20 Å². The predicted octanol–water partition coefficient (Wildman–Crippen LogP) is -1.55. The molecule has 1 aromatic rings. The lowest BCUT2D eigenvalue weighted by Gasteiger charge is -2.16. The molecule has 1 aliphatic heterocycles. The summed E-state index contributed by atoms with van der Waals surface area (Å²) in [5, 5.41) is 19.4. The number of nitrogens with zero attached hydrogens (tertiary/aromatic N) is 1. The van der Waals surface area contributed by atoms with Crippen molar-refractivity contribution in [2.75, 3.05) is 6.16 Å². The minimum Gasteiger partial charge on any atom is -0.387 e. The first-order valence-electron chi connectivity index (χ1n) is 5.17. The van der Waals surface area contributed by atoms with Crippen molar-refractivity contribution in [1.82, 2.24) is 9.55 Å². The van der Waals surface area contributed by atoms with Crippen molar-refractivity contribution in [1.29, 1.82) is 0 Å². The van der Waals surface area contributed by atoms with Gasteiger partial charge in [-0.1, -0.05) is 0 Å². The van der Waals surface area contributed by atoms with E-state index in [-0.39, 0.29) is 14.6 Å². The zero-order valence-corrected chi connectivity index (χ0v) is 9.99. The first kappa shape index (κ1) is 13.1. The van der Waals surface area contributed by atoms with E-state index in [1.54, 1.807) is 0 Å². The Hall–Kier alpha value is -1.34. The van der Waals surface area contributed by atoms with Gasteiger partial charge in [0.15, 0.2) is 14.7 Å². The predicted molar refractivity (Wildman–Crippen MR) is 59.7 cm³/mol. The van der Waals surface area contributed by atoms with Crippen molar-refractivity contribution in [3.05, 3.63) is 33.1 Å². The highest BCUT2D eigenvalue weighted by Gasteiger charge is 2.43. The molecule has 8 nitrogen and oxygen atoms in total. The van der Waals surface area contributed by atoms with E-state index in [2.05, 4.69) is 0 Å². The van der Waals surface area contributed by atoms with Gasteiger partial charge in [-0.2, -0.15) is 0 Å². The first-order valence-corrected chi connectivity index (χ1v) is 6.16. The number of ether oxygens (including phenoxy) is 1. The van der Waals surface area contributed by atoms with Gasteiger partial charge in [-0.3, -0.25) is 18.9 Å². The molecule has 0 aromatic carbocycles. The van der Waals surface area contributed by atoms with E-state index in [9.17, 15) is 24.4 Å². The Morgan fingerprint density at radius 2 is 2.11 bits per heavy atom. The fourth-order valence-electron chi connectivity index (χ4n) is 1.81. The molecule has 0 spiro atoms. The Morgan fingerprint density at radius 1 is 1.39 bits per heavy atom. The van der Waals surface area contributed by atoms with Crippen LogP contribution in [0.5, 0.6) is 0 Å². The maximum Gasteiger partial charge on any atom is 0.330 e. The molecule has 0 bridgehead atoms. The smallest absolute Gasteiger partial charge is 0.330 e. The molecule has 3 N–H and O–H groups in total. The summed E-state index contributed by atoms with van der Waals surface area (Å²) in [4.78, 5) is 24.4. The van der Waals surface area contributed by atoms with Gasteiger partial charge in [-0.05, 0) is 0 Å². The van der Waals surface area contributed by atoms with Gasteiger partial charge in [-0.25, -0.2) is 4.79 Å². The van der Waals surface area contributed by atoms with Crippen LogP contribution in [0.15, 0.2) is 21.9 Å². The van der Waals surface area contributed by atoms with Crippen LogP contribution in [-0.2, 0) is 9.30 Å². The molecule has 1 fully saturated rings. The zero-order valence-electron chi connectivity index (χ0n) is 9.09. The van der Waals surface area contributed by atoms with Crippen LogP contribution < -0.4 is 11.2 Å². The van der Waals surface area contributed by atoms with Crippen LogP contribution in [0, 0.1) is 0 Å². The van der Waals surface area contributed by atoms with Crippen LogP contribution in [0.2, 0.25) is 0 Å². The lowest BCUT2D eigenvalue weighted by molar-refractivity contribution is -0.0342. The van der Waals surface area contributed by atoms with Crippen molar-refractivity contribution >= 4 is 8.46 Å². The molecule has 1 aromatic heterocycles. The molecule has 1 aliphatic rings. The molecular weight excluding hydrogens is 263 g/mol. The summed E-state index contributed by atoms with van der Waals surface area (Å²) in [6.07, 6.45) is -3.35. The van der Waals surface area contributed by atoms with Gasteiger partial charge in [-0.15, -0.1) is 0 Å². The third-order valence-electron chi connectivity index (χ3n) is 2.72. The summed E-state index contributed by atoms with van der Waals surface area (Å²) in [6, 6.07) is 1.10. The van der Waals surface area contributed by atoms with Crippen LogP contribution in [0.3, 0.4) is 0 Å². The number of aromatic amines is 1. The Bertz CT molecular complexity index is 554.